The van der Waals surface area contributed by atoms with Gasteiger partial charge in [-0.1, -0.05) is 50.3 Å². The molecule has 31 nitrogen and oxygen atoms in total. The number of hydrogen-bond acceptors (Lipinski definition) is 20. The van der Waals surface area contributed by atoms with Crippen LogP contribution in [0.2, 0.25) is 0 Å². The van der Waals surface area contributed by atoms with Crippen molar-refractivity contribution >= 4 is 132 Å². The van der Waals surface area contributed by atoms with Gasteiger partial charge < -0.3 is 36.4 Å². The number of nitrogens with zero attached hydrogens (tertiary/aromatic N) is 6. The molecule has 0 spiro atoms. The van der Waals surface area contributed by atoms with Crippen LogP contribution < -0.4 is 41.8 Å². The maximum absolute atomic E-state index is 13.8. The fourth-order valence-corrected chi connectivity index (χ4v) is 17.0. The molecule has 2 aliphatic heterocycles. The number of hydrogen-bond donors (Lipinski definition) is 10. The van der Waals surface area contributed by atoms with Crippen molar-refractivity contribution in [3.63, 3.8) is 0 Å². The number of anilines is 3. The first kappa shape index (κ1) is 89.7. The highest BCUT2D eigenvalue weighted by molar-refractivity contribution is 7.87. The van der Waals surface area contributed by atoms with Crippen molar-refractivity contribution in [1.82, 2.24) is 35.9 Å². The summed E-state index contributed by atoms with van der Waals surface area (Å²) in [5, 5.41) is 18.1. The fraction of sp³-hybridized carbons (Fsp3) is 0.366. The lowest BCUT2D eigenvalue weighted by atomic mass is 9.78. The summed E-state index contributed by atoms with van der Waals surface area (Å²) in [6.07, 6.45) is 5.86. The van der Waals surface area contributed by atoms with Crippen LogP contribution in [0.4, 0.5) is 36.2 Å². The molecule has 4 heterocycles. The quantitative estimate of drug-likeness (QED) is 0.0104. The van der Waals surface area contributed by atoms with E-state index in [-0.39, 0.29) is 114 Å². The molecule has 11 rings (SSSR count). The first-order chi connectivity index (χ1) is 56.2. The third-order valence-corrected chi connectivity index (χ3v) is 25.9. The second-order valence-corrected chi connectivity index (χ2v) is 37.5. The number of aryl methyl sites for hydroxylation is 1. The summed E-state index contributed by atoms with van der Waals surface area (Å²) in [6.45, 7) is 11.9. The topological polar surface area (TPSA) is 475 Å². The molecule has 8 aromatic rings. The van der Waals surface area contributed by atoms with Gasteiger partial charge in [0.25, 0.3) is 51.9 Å². The number of carbonyl (C=O) groups excluding carboxylic acids is 4. The second-order valence-electron chi connectivity index (χ2n) is 31.0. The Morgan fingerprint density at radius 3 is 1.98 bits per heavy atom. The maximum atomic E-state index is 13.8. The normalized spacial score (nSPS) is 16.7. The lowest BCUT2D eigenvalue weighted by molar-refractivity contribution is -0.438. The molecule has 0 bridgehead atoms. The van der Waals surface area contributed by atoms with E-state index in [2.05, 4.69) is 35.9 Å². The third-order valence-electron chi connectivity index (χ3n) is 21.7. The number of aromatic nitrogens is 4. The van der Waals surface area contributed by atoms with Gasteiger partial charge in [0.05, 0.1) is 44.1 Å². The molecule has 3 aliphatic rings. The Morgan fingerprint density at radius 1 is 0.717 bits per heavy atom. The summed E-state index contributed by atoms with van der Waals surface area (Å²) < 4.78 is 190. The highest BCUT2D eigenvalue weighted by atomic mass is 32.2. The summed E-state index contributed by atoms with van der Waals surface area (Å²) >= 11 is 0. The molecule has 6 aromatic carbocycles. The van der Waals surface area contributed by atoms with Crippen molar-refractivity contribution < 1.29 is 103 Å². The van der Waals surface area contributed by atoms with Crippen molar-refractivity contribution in [3.8, 4) is 5.75 Å². The van der Waals surface area contributed by atoms with Gasteiger partial charge in [-0.3, -0.25) is 52.1 Å². The van der Waals surface area contributed by atoms with Crippen LogP contribution in [0.5, 0.6) is 5.75 Å². The van der Waals surface area contributed by atoms with Crippen LogP contribution in [0, 0.1) is 0 Å². The zero-order valence-corrected chi connectivity index (χ0v) is 69.6. The van der Waals surface area contributed by atoms with Crippen LogP contribution in [-0.2, 0) is 83.4 Å². The van der Waals surface area contributed by atoms with Crippen LogP contribution in [-0.4, -0.2) is 165 Å². The van der Waals surface area contributed by atoms with Gasteiger partial charge in [0.15, 0.2) is 23.4 Å². The standard InChI is InChI=1S/C82H90F3N11O20S4/c1-47(89-75(99)53-18-24-57(25-19-53)96(78(103)82(83,84)85)46-56-45-88-74-72(90-56)76(100)93-79(86)92-74)14-36-69(98)91-63(77(101)102)13-8-9-40-87-68(97)37-17-50-15-26-58(27-16-50)116-73-51(22-34-66-80(4,5)70-61-30-28-59(119(110,111)112)43-54(61)20-32-64(70)94(66)41-38-48(2)117(104,105)106)11-10-12-52(73)23-35-67-81(6,7)71-62-31-29-60(120(113,114)115)44-55(62)21-33-65(71)95(67)42-39-49(3)118(107,108)109/h15-16,18-35,43-45,47-49,63H,8-14,17,36-42,46H2,1-7H3,(H10-,86,87,88,89,91,92,93,97,98,99,100,101,102,104,105,106,107,108,109,110,111,112,113,114,115)/p+1. The first-order valence-corrected chi connectivity index (χ1v) is 44.2. The van der Waals surface area contributed by atoms with E-state index in [9.17, 15) is 98.9 Å². The molecular weight excluding hydrogens is 1640 g/mol. The number of carbonyl (C=O) groups is 5. The second kappa shape index (κ2) is 35.7. The number of halogens is 3. The van der Waals surface area contributed by atoms with Crippen LogP contribution in [0.3, 0.4) is 0 Å². The van der Waals surface area contributed by atoms with Crippen LogP contribution in [0.15, 0.2) is 177 Å². The van der Waals surface area contributed by atoms with E-state index in [0.29, 0.717) is 92.8 Å². The molecule has 0 saturated heterocycles. The average Bonchev–Trinajstić information content (AvgIpc) is 1.57. The Morgan fingerprint density at radius 2 is 1.35 bits per heavy atom. The third kappa shape index (κ3) is 20.8. The van der Waals surface area contributed by atoms with Crippen molar-refractivity contribution in [1.29, 1.82) is 0 Å². The summed E-state index contributed by atoms with van der Waals surface area (Å²) in [7, 11) is -18.1. The van der Waals surface area contributed by atoms with E-state index in [1.165, 1.54) is 50.2 Å². The number of benzene rings is 6. The number of carboxylic acids is 1. The average molecular weight is 1740 g/mol. The summed E-state index contributed by atoms with van der Waals surface area (Å²) in [4.78, 5) is 92.5. The van der Waals surface area contributed by atoms with Gasteiger partial charge >= 0.3 is 18.1 Å². The van der Waals surface area contributed by atoms with E-state index in [4.69, 9.17) is 10.5 Å². The number of amides is 4. The summed E-state index contributed by atoms with van der Waals surface area (Å²) in [6, 6.07) is 25.3. The largest absolute Gasteiger partial charge is 0.480 e. The molecule has 120 heavy (non-hydrogen) atoms. The zero-order chi connectivity index (χ0) is 87.5. The number of aromatic amines is 1. The van der Waals surface area contributed by atoms with Gasteiger partial charge in [-0.15, -0.1) is 0 Å². The van der Waals surface area contributed by atoms with Crippen LogP contribution in [0.25, 0.3) is 32.7 Å². The minimum atomic E-state index is -5.34. The Kier molecular flexibility index (Phi) is 26.6. The minimum absolute atomic E-state index is 0.000518. The van der Waals surface area contributed by atoms with Gasteiger partial charge in [-0.25, -0.2) is 14.8 Å². The zero-order valence-electron chi connectivity index (χ0n) is 66.3. The van der Waals surface area contributed by atoms with Gasteiger partial charge in [-0.05, 0) is 221 Å². The Labute approximate surface area is 689 Å². The molecule has 4 amide bonds. The number of unbranched alkanes of at least 4 members (excludes halogenated alkanes) is 1. The molecule has 4 unspecified atom stereocenters. The van der Waals surface area contributed by atoms with Crippen molar-refractivity contribution in [2.75, 3.05) is 35.2 Å². The van der Waals surface area contributed by atoms with Gasteiger partial charge in [0.2, 0.25) is 23.5 Å². The van der Waals surface area contributed by atoms with E-state index >= 15 is 0 Å². The number of nitrogen functional groups attached to an aromatic ring is 1. The van der Waals surface area contributed by atoms with Crippen LogP contribution >= 0.6 is 0 Å². The molecule has 38 heteroatoms. The molecule has 2 aromatic heterocycles. The lowest BCUT2D eigenvalue weighted by Gasteiger charge is -2.28. The SMILES string of the molecule is CC(CCC(=O)NC(CCCCNC(=O)CCc1ccc(OC2=C(C=CC3=[N+](CCC(C)S(=O)(=O)O)c4ccc5cc(S(=O)(=O)O)ccc5c4C3(C)C)CCCC2=CC=C2N(CCC(C)S(=O)(=O)O)c3ccc4cc(S(=O)(=O)O)ccc4c3C2(C)C)cc1)C(=O)O)NC(=O)c1ccc(N(Cc2cnc3nc(N)[nH]c(=O)c3n2)C(=O)C(F)(F)F)cc1. The molecule has 0 fully saturated rings. The monoisotopic (exact) mass is 1730 g/mol. The molecule has 4 atom stereocenters. The Balaban J connectivity index is 0.758. The number of allylic oxidation sites excluding steroid dienone is 7. The maximum Gasteiger partial charge on any atom is 0.471 e. The fourth-order valence-electron chi connectivity index (χ4n) is 15.2. The molecule has 638 valence electrons. The molecule has 1 aliphatic carbocycles. The smallest absolute Gasteiger partial charge is 0.471 e. The molecule has 11 N–H and O–H groups in total. The van der Waals surface area contributed by atoms with Crippen molar-refractivity contribution in [2.24, 2.45) is 0 Å². The predicted octanol–water partition coefficient (Wildman–Crippen LogP) is 11.0. The number of nitrogens with one attached hydrogen (secondary N) is 4. The number of rotatable bonds is 33. The predicted molar refractivity (Wildman–Crippen MR) is 442 cm³/mol. The summed E-state index contributed by atoms with van der Waals surface area (Å²) in [5.74, 6) is -4.56. The Hall–Kier alpha value is -11.1. The Bertz CT molecular complexity index is 6130. The van der Waals surface area contributed by atoms with Crippen molar-refractivity contribution in [2.45, 2.75) is 181 Å². The molecule has 0 saturated carbocycles. The van der Waals surface area contributed by atoms with Gasteiger partial charge in [-0.2, -0.15) is 56.4 Å². The summed E-state index contributed by atoms with van der Waals surface area (Å²) in [5.41, 5.74) is 8.61. The number of ether oxygens (including phenoxy) is 1. The lowest BCUT2D eigenvalue weighted by Crippen LogP contribution is -2.41. The highest BCUT2D eigenvalue weighted by Crippen LogP contribution is 2.52. The van der Waals surface area contributed by atoms with E-state index in [1.807, 2.05) is 73.6 Å². The van der Waals surface area contributed by atoms with E-state index in [0.717, 1.165) is 46.2 Å². The number of H-pyrrole nitrogens is 1. The number of alkyl halides is 3. The van der Waals surface area contributed by atoms with Crippen LogP contribution in [0.1, 0.15) is 152 Å². The number of fused-ring (bicyclic) bond motifs is 7. The number of carboxylic acid groups (broad SMARTS) is 1. The van der Waals surface area contributed by atoms with Gasteiger partial charge in [0.1, 0.15) is 17.6 Å². The van der Waals surface area contributed by atoms with Gasteiger partial charge in [0, 0.05) is 84.1 Å². The number of aliphatic carboxylic acids is 1. The molecule has 0 radical (unpaired) electrons. The highest BCUT2D eigenvalue weighted by Gasteiger charge is 2.48. The minimum Gasteiger partial charge on any atom is -0.480 e. The molecular formula is C82H91F3N11O20S4+. The first-order valence-electron chi connectivity index (χ1n) is 38.3. The van der Waals surface area contributed by atoms with E-state index in [1.54, 1.807) is 55.5 Å². The van der Waals surface area contributed by atoms with E-state index < -0.39 is 116 Å². The number of nitrogens with two attached hydrogens (primary N) is 1. The van der Waals surface area contributed by atoms with Crippen molar-refractivity contribution in [3.05, 3.63) is 201 Å².